The Hall–Kier alpha value is -0.980. The Morgan fingerprint density at radius 1 is 1.44 bits per heavy atom. The molecule has 0 aromatic heterocycles. The number of anilines is 1. The average Bonchev–Trinajstić information content (AvgIpc) is 2.33. The molecule has 4 nitrogen and oxygen atoms in total. The number of carbonyl (C=O) groups excluding carboxylic acids is 1. The van der Waals surface area contributed by atoms with Gasteiger partial charge in [-0.2, -0.15) is 0 Å². The van der Waals surface area contributed by atoms with Crippen molar-refractivity contribution in [3.8, 4) is 0 Å². The highest BCUT2D eigenvalue weighted by molar-refractivity contribution is 14.1. The number of nitrogens with zero attached hydrogens (tertiary/aromatic N) is 1. The number of aryl methyl sites for hydroxylation is 1. The van der Waals surface area contributed by atoms with Gasteiger partial charge in [0.15, 0.2) is 0 Å². The van der Waals surface area contributed by atoms with E-state index in [1.54, 1.807) is 4.90 Å². The maximum atomic E-state index is 11.0. The molecule has 2 amide bonds. The van der Waals surface area contributed by atoms with Crippen molar-refractivity contribution in [3.63, 3.8) is 0 Å². The molecule has 1 aliphatic rings. The molecular weight excluding hydrogens is 341 g/mol. The third kappa shape index (κ3) is 3.28. The third-order valence-electron chi connectivity index (χ3n) is 3.35. The normalized spacial score (nSPS) is 16.7. The van der Waals surface area contributed by atoms with Gasteiger partial charge in [0.2, 0.25) is 0 Å². The summed E-state index contributed by atoms with van der Waals surface area (Å²) >= 11 is 2.32. The van der Waals surface area contributed by atoms with Crippen molar-refractivity contribution in [1.29, 1.82) is 0 Å². The number of carbonyl (C=O) groups is 1. The highest BCUT2D eigenvalue weighted by Crippen LogP contribution is 2.21. The number of hydrogen-bond donors (Lipinski definition) is 2. The highest BCUT2D eigenvalue weighted by Gasteiger charge is 2.21. The van der Waals surface area contributed by atoms with E-state index >= 15 is 0 Å². The molecule has 0 radical (unpaired) electrons. The summed E-state index contributed by atoms with van der Waals surface area (Å²) in [5, 5.41) is 3.55. The Labute approximate surface area is 121 Å². The van der Waals surface area contributed by atoms with Crippen molar-refractivity contribution in [2.24, 2.45) is 5.73 Å². The molecule has 1 fully saturated rings. The number of rotatable bonds is 2. The lowest BCUT2D eigenvalue weighted by Gasteiger charge is -2.32. The zero-order valence-electron chi connectivity index (χ0n) is 10.4. The monoisotopic (exact) mass is 359 g/mol. The number of piperidine rings is 1. The van der Waals surface area contributed by atoms with Crippen molar-refractivity contribution in [2.45, 2.75) is 25.8 Å². The molecule has 0 aliphatic carbocycles. The summed E-state index contributed by atoms with van der Waals surface area (Å²) in [5.41, 5.74) is 7.72. The number of nitrogens with one attached hydrogen (secondary N) is 1. The third-order valence-corrected chi connectivity index (χ3v) is 4.03. The van der Waals surface area contributed by atoms with Gasteiger partial charge in [0.05, 0.1) is 0 Å². The van der Waals surface area contributed by atoms with Crippen LogP contribution in [0.25, 0.3) is 0 Å². The molecular formula is C13H18IN3O. The summed E-state index contributed by atoms with van der Waals surface area (Å²) in [7, 11) is 0. The van der Waals surface area contributed by atoms with Crippen LogP contribution in [-0.4, -0.2) is 30.1 Å². The molecule has 2 rings (SSSR count). The Balaban J connectivity index is 1.93. The van der Waals surface area contributed by atoms with E-state index in [4.69, 9.17) is 5.73 Å². The second-order valence-corrected chi connectivity index (χ2v) is 5.95. The maximum absolute atomic E-state index is 11.0. The zero-order chi connectivity index (χ0) is 13.1. The van der Waals surface area contributed by atoms with E-state index in [9.17, 15) is 4.79 Å². The Morgan fingerprint density at radius 3 is 2.67 bits per heavy atom. The first-order valence-corrected chi connectivity index (χ1v) is 7.21. The summed E-state index contributed by atoms with van der Waals surface area (Å²) < 4.78 is 1.25. The van der Waals surface area contributed by atoms with Crippen LogP contribution in [0.1, 0.15) is 18.4 Å². The fraction of sp³-hybridized carbons (Fsp3) is 0.462. The van der Waals surface area contributed by atoms with Crippen molar-refractivity contribution >= 4 is 34.3 Å². The smallest absolute Gasteiger partial charge is 0.314 e. The molecule has 1 aromatic rings. The van der Waals surface area contributed by atoms with Crippen LogP contribution >= 0.6 is 22.6 Å². The van der Waals surface area contributed by atoms with Crippen LogP contribution in [0, 0.1) is 10.5 Å². The van der Waals surface area contributed by atoms with Crippen molar-refractivity contribution in [1.82, 2.24) is 4.90 Å². The second-order valence-electron chi connectivity index (χ2n) is 4.70. The van der Waals surface area contributed by atoms with Crippen molar-refractivity contribution in [3.05, 3.63) is 27.3 Å². The summed E-state index contributed by atoms with van der Waals surface area (Å²) in [6.07, 6.45) is 1.91. The molecule has 18 heavy (non-hydrogen) atoms. The molecule has 0 bridgehead atoms. The Bertz CT molecular complexity index is 442. The first-order valence-electron chi connectivity index (χ1n) is 6.13. The number of amides is 2. The Kier molecular flexibility index (Phi) is 4.31. The van der Waals surface area contributed by atoms with E-state index in [0.717, 1.165) is 25.9 Å². The lowest BCUT2D eigenvalue weighted by atomic mass is 10.0. The predicted molar refractivity (Wildman–Crippen MR) is 81.7 cm³/mol. The molecule has 1 saturated heterocycles. The minimum Gasteiger partial charge on any atom is -0.382 e. The van der Waals surface area contributed by atoms with Gasteiger partial charge in [-0.25, -0.2) is 4.79 Å². The van der Waals surface area contributed by atoms with E-state index in [0.29, 0.717) is 6.04 Å². The van der Waals surface area contributed by atoms with Gasteiger partial charge in [0.1, 0.15) is 0 Å². The second kappa shape index (κ2) is 5.77. The van der Waals surface area contributed by atoms with E-state index < -0.39 is 0 Å². The SMILES string of the molecule is Cc1cc(I)ccc1NC1CCN(C(N)=O)CC1. The Morgan fingerprint density at radius 2 is 2.11 bits per heavy atom. The van der Waals surface area contributed by atoms with Crippen molar-refractivity contribution < 1.29 is 4.79 Å². The molecule has 0 unspecified atom stereocenters. The van der Waals surface area contributed by atoms with E-state index in [1.165, 1.54) is 14.8 Å². The molecule has 0 atom stereocenters. The molecule has 3 N–H and O–H groups in total. The topological polar surface area (TPSA) is 58.4 Å². The molecule has 0 spiro atoms. The van der Waals surface area contributed by atoms with E-state index in [2.05, 4.69) is 53.0 Å². The first-order chi connectivity index (χ1) is 8.56. The van der Waals surface area contributed by atoms with Crippen LogP contribution in [0.3, 0.4) is 0 Å². The summed E-state index contributed by atoms with van der Waals surface area (Å²) in [5.74, 6) is 0. The standard InChI is InChI=1S/C13H18IN3O/c1-9-8-10(14)2-3-12(9)16-11-4-6-17(7-5-11)13(15)18/h2-3,8,11,16H,4-7H2,1H3,(H2,15,18). The van der Waals surface area contributed by atoms with Crippen LogP contribution in [0.2, 0.25) is 0 Å². The fourth-order valence-electron chi connectivity index (χ4n) is 2.25. The van der Waals surface area contributed by atoms with Crippen molar-refractivity contribution in [2.75, 3.05) is 18.4 Å². The fourth-order valence-corrected chi connectivity index (χ4v) is 2.90. The lowest BCUT2D eigenvalue weighted by Crippen LogP contribution is -2.44. The highest BCUT2D eigenvalue weighted by atomic mass is 127. The van der Waals surface area contributed by atoms with Gasteiger partial charge >= 0.3 is 6.03 Å². The molecule has 0 saturated carbocycles. The van der Waals surface area contributed by atoms with Gasteiger partial charge in [-0.05, 0) is 66.1 Å². The number of nitrogens with two attached hydrogens (primary N) is 1. The summed E-state index contributed by atoms with van der Waals surface area (Å²) in [6.45, 7) is 3.61. The van der Waals surface area contributed by atoms with Gasteiger partial charge in [0.25, 0.3) is 0 Å². The minimum absolute atomic E-state index is 0.307. The molecule has 1 heterocycles. The number of likely N-dealkylation sites (tertiary alicyclic amines) is 1. The van der Waals surface area contributed by atoms with Crippen LogP contribution in [0.15, 0.2) is 18.2 Å². The van der Waals surface area contributed by atoms with Gasteiger partial charge in [-0.15, -0.1) is 0 Å². The summed E-state index contributed by atoms with van der Waals surface area (Å²) in [6, 6.07) is 6.52. The van der Waals surface area contributed by atoms with E-state index in [-0.39, 0.29) is 6.03 Å². The molecule has 98 valence electrons. The zero-order valence-corrected chi connectivity index (χ0v) is 12.6. The maximum Gasteiger partial charge on any atom is 0.314 e. The van der Waals surface area contributed by atoms with Crippen LogP contribution in [0.4, 0.5) is 10.5 Å². The predicted octanol–water partition coefficient (Wildman–Crippen LogP) is 2.55. The van der Waals surface area contributed by atoms with Gasteiger partial charge < -0.3 is 16.0 Å². The first kappa shape index (κ1) is 13.5. The molecule has 5 heteroatoms. The average molecular weight is 359 g/mol. The summed E-state index contributed by atoms with van der Waals surface area (Å²) in [4.78, 5) is 12.7. The van der Waals surface area contributed by atoms with Crippen LogP contribution < -0.4 is 11.1 Å². The number of hydrogen-bond acceptors (Lipinski definition) is 2. The quantitative estimate of drug-likeness (QED) is 0.798. The minimum atomic E-state index is -0.307. The largest absolute Gasteiger partial charge is 0.382 e. The molecule has 1 aromatic carbocycles. The van der Waals surface area contributed by atoms with Gasteiger partial charge in [-0.1, -0.05) is 0 Å². The van der Waals surface area contributed by atoms with Crippen LogP contribution in [0.5, 0.6) is 0 Å². The number of halogens is 1. The number of benzene rings is 1. The number of urea groups is 1. The van der Waals surface area contributed by atoms with Crippen LogP contribution in [-0.2, 0) is 0 Å². The van der Waals surface area contributed by atoms with Gasteiger partial charge in [-0.3, -0.25) is 0 Å². The lowest BCUT2D eigenvalue weighted by molar-refractivity contribution is 0.193. The molecule has 1 aliphatic heterocycles. The number of primary amides is 1. The van der Waals surface area contributed by atoms with E-state index in [1.807, 2.05) is 0 Å². The van der Waals surface area contributed by atoms with Gasteiger partial charge in [0, 0.05) is 28.4 Å².